The number of benzene rings is 2. The predicted octanol–water partition coefficient (Wildman–Crippen LogP) is 4.03. The fraction of sp³-hybridized carbons (Fsp3) is 0.286. The van der Waals surface area contributed by atoms with Crippen molar-refractivity contribution in [3.8, 4) is 11.4 Å². The third kappa shape index (κ3) is 4.82. The summed E-state index contributed by atoms with van der Waals surface area (Å²) in [6.45, 7) is 0.0813. The van der Waals surface area contributed by atoms with E-state index in [9.17, 15) is 27.2 Å². The topological polar surface area (TPSA) is 81.0 Å². The first kappa shape index (κ1) is 21.6. The zero-order valence-electron chi connectivity index (χ0n) is 16.7. The third-order valence-corrected chi connectivity index (χ3v) is 4.94. The maximum absolute atomic E-state index is 13.1. The molecule has 3 aromatic rings. The lowest BCUT2D eigenvalue weighted by molar-refractivity contribution is -0.137. The van der Waals surface area contributed by atoms with E-state index < -0.39 is 29.3 Å². The van der Waals surface area contributed by atoms with Gasteiger partial charge in [-0.25, -0.2) is 18.7 Å². The number of hydrogen-bond acceptors (Lipinski definition) is 3. The Morgan fingerprint density at radius 1 is 1.12 bits per heavy atom. The molecule has 0 bridgehead atoms. The van der Waals surface area contributed by atoms with Crippen LogP contribution in [-0.2, 0) is 12.7 Å². The van der Waals surface area contributed by atoms with E-state index in [0.717, 1.165) is 29.7 Å². The van der Waals surface area contributed by atoms with Crippen LogP contribution in [-0.4, -0.2) is 26.9 Å². The van der Waals surface area contributed by atoms with Gasteiger partial charge in [0.05, 0.1) is 12.1 Å². The van der Waals surface area contributed by atoms with Crippen molar-refractivity contribution in [3.05, 3.63) is 70.4 Å². The maximum atomic E-state index is 13.1. The molecule has 168 valence electrons. The maximum Gasteiger partial charge on any atom is 0.416 e. The number of anilines is 1. The van der Waals surface area contributed by atoms with Gasteiger partial charge in [0.2, 0.25) is 0 Å². The van der Waals surface area contributed by atoms with E-state index in [0.29, 0.717) is 5.69 Å². The average Bonchev–Trinajstić information content (AvgIpc) is 3.53. The van der Waals surface area contributed by atoms with E-state index in [2.05, 4.69) is 15.7 Å². The zero-order valence-corrected chi connectivity index (χ0v) is 16.7. The molecule has 0 unspecified atom stereocenters. The number of alkyl halides is 3. The second-order valence-corrected chi connectivity index (χ2v) is 7.40. The van der Waals surface area contributed by atoms with Gasteiger partial charge in [-0.2, -0.15) is 13.2 Å². The highest BCUT2D eigenvalue weighted by Gasteiger charge is 2.33. The Hall–Kier alpha value is -3.63. The first-order valence-electron chi connectivity index (χ1n) is 9.90. The van der Waals surface area contributed by atoms with Gasteiger partial charge in [0.1, 0.15) is 5.82 Å². The number of urea groups is 1. The second kappa shape index (κ2) is 8.48. The van der Waals surface area contributed by atoms with Crippen LogP contribution in [0.5, 0.6) is 0 Å². The van der Waals surface area contributed by atoms with Gasteiger partial charge in [-0.3, -0.25) is 4.57 Å². The Balaban J connectivity index is 1.48. The fourth-order valence-electron chi connectivity index (χ4n) is 3.24. The summed E-state index contributed by atoms with van der Waals surface area (Å²) in [7, 11) is 0. The summed E-state index contributed by atoms with van der Waals surface area (Å²) in [6.07, 6.45) is -3.02. The third-order valence-electron chi connectivity index (χ3n) is 4.94. The molecule has 0 atom stereocenters. The van der Waals surface area contributed by atoms with E-state index in [1.165, 1.54) is 41.0 Å². The van der Waals surface area contributed by atoms with Gasteiger partial charge in [-0.15, -0.1) is 5.10 Å². The summed E-state index contributed by atoms with van der Waals surface area (Å²) in [4.78, 5) is 24.8. The quantitative estimate of drug-likeness (QED) is 0.558. The van der Waals surface area contributed by atoms with E-state index in [-0.39, 0.29) is 30.5 Å². The number of hydrogen-bond donors (Lipinski definition) is 2. The van der Waals surface area contributed by atoms with Crippen LogP contribution in [0.3, 0.4) is 0 Å². The Morgan fingerprint density at radius 2 is 1.84 bits per heavy atom. The molecule has 32 heavy (non-hydrogen) atoms. The molecule has 1 heterocycles. The van der Waals surface area contributed by atoms with Gasteiger partial charge in [0, 0.05) is 23.8 Å². The van der Waals surface area contributed by atoms with Crippen molar-refractivity contribution >= 4 is 11.7 Å². The first-order valence-corrected chi connectivity index (χ1v) is 9.90. The number of rotatable bonds is 6. The highest BCUT2D eigenvalue weighted by molar-refractivity contribution is 5.89. The highest BCUT2D eigenvalue weighted by atomic mass is 19.4. The second-order valence-electron chi connectivity index (χ2n) is 7.40. The smallest absolute Gasteiger partial charge is 0.336 e. The highest BCUT2D eigenvalue weighted by Crippen LogP contribution is 2.37. The molecule has 2 N–H and O–H groups in total. The van der Waals surface area contributed by atoms with E-state index in [1.54, 1.807) is 0 Å². The predicted molar refractivity (Wildman–Crippen MR) is 109 cm³/mol. The van der Waals surface area contributed by atoms with Crippen molar-refractivity contribution in [2.75, 3.05) is 11.9 Å². The number of nitrogens with one attached hydrogen (secondary N) is 2. The minimum absolute atomic E-state index is 0.0291. The van der Waals surface area contributed by atoms with E-state index in [4.69, 9.17) is 0 Å². The number of aromatic nitrogens is 3. The van der Waals surface area contributed by atoms with Crippen molar-refractivity contribution in [2.24, 2.45) is 0 Å². The van der Waals surface area contributed by atoms with Gasteiger partial charge in [-0.1, -0.05) is 12.1 Å². The number of amides is 2. The lowest BCUT2D eigenvalue weighted by Gasteiger charge is -2.09. The normalized spacial score (nSPS) is 13.8. The van der Waals surface area contributed by atoms with Crippen LogP contribution in [0.15, 0.2) is 53.3 Å². The van der Waals surface area contributed by atoms with Gasteiger partial charge in [0.15, 0.2) is 5.82 Å². The molecule has 0 saturated heterocycles. The summed E-state index contributed by atoms with van der Waals surface area (Å²) < 4.78 is 54.8. The summed E-state index contributed by atoms with van der Waals surface area (Å²) in [5.41, 5.74) is -0.672. The van der Waals surface area contributed by atoms with Crippen molar-refractivity contribution < 1.29 is 22.4 Å². The first-order chi connectivity index (χ1) is 15.2. The Morgan fingerprint density at radius 3 is 2.50 bits per heavy atom. The molecule has 7 nitrogen and oxygen atoms in total. The molecule has 2 aromatic carbocycles. The van der Waals surface area contributed by atoms with Crippen molar-refractivity contribution in [3.63, 3.8) is 0 Å². The Labute approximate surface area is 179 Å². The van der Waals surface area contributed by atoms with E-state index in [1.807, 2.05) is 0 Å². The number of halogens is 4. The Kier molecular flexibility index (Phi) is 5.72. The minimum Gasteiger partial charge on any atom is -0.336 e. The average molecular weight is 449 g/mol. The molecular weight excluding hydrogens is 430 g/mol. The molecular formula is C21H19F4N5O2. The largest absolute Gasteiger partial charge is 0.416 e. The molecule has 1 saturated carbocycles. The molecule has 0 radical (unpaired) electrons. The van der Waals surface area contributed by atoms with Gasteiger partial charge in [0.25, 0.3) is 0 Å². The molecule has 1 aliphatic carbocycles. The number of carbonyl (C=O) groups excluding carboxylic acids is 1. The summed E-state index contributed by atoms with van der Waals surface area (Å²) in [6, 6.07) is 9.25. The van der Waals surface area contributed by atoms with Crippen molar-refractivity contribution in [1.29, 1.82) is 0 Å². The van der Waals surface area contributed by atoms with Crippen LogP contribution in [0.4, 0.5) is 28.0 Å². The fourth-order valence-corrected chi connectivity index (χ4v) is 3.24. The van der Waals surface area contributed by atoms with Crippen LogP contribution in [0.2, 0.25) is 0 Å². The number of carbonyl (C=O) groups is 1. The summed E-state index contributed by atoms with van der Waals surface area (Å²) in [5, 5.41) is 9.33. The van der Waals surface area contributed by atoms with Crippen LogP contribution in [0.25, 0.3) is 11.4 Å². The standard InChI is InChI=1S/C21H19F4N5O2/c22-15-4-6-16(7-5-15)27-19(31)26-10-11-29-20(32)30(17-8-9-17)18(28-29)13-2-1-3-14(12-13)21(23,24)25/h1-7,12,17H,8-11H2,(H2,26,27,31). The van der Waals surface area contributed by atoms with Crippen LogP contribution >= 0.6 is 0 Å². The lowest BCUT2D eigenvalue weighted by atomic mass is 10.1. The summed E-state index contributed by atoms with van der Waals surface area (Å²) >= 11 is 0. The SMILES string of the molecule is O=C(NCCn1nc(-c2cccc(C(F)(F)F)c2)n(C2CC2)c1=O)Nc1ccc(F)cc1. The van der Waals surface area contributed by atoms with Gasteiger partial charge in [-0.05, 0) is 49.2 Å². The zero-order chi connectivity index (χ0) is 22.9. The van der Waals surface area contributed by atoms with E-state index >= 15 is 0 Å². The molecule has 1 aliphatic rings. The van der Waals surface area contributed by atoms with Gasteiger partial charge >= 0.3 is 17.9 Å². The van der Waals surface area contributed by atoms with Crippen LogP contribution in [0, 0.1) is 5.82 Å². The lowest BCUT2D eigenvalue weighted by Crippen LogP contribution is -2.34. The molecule has 0 spiro atoms. The van der Waals surface area contributed by atoms with Gasteiger partial charge < -0.3 is 10.6 Å². The number of nitrogens with zero attached hydrogens (tertiary/aromatic N) is 3. The molecule has 0 aliphatic heterocycles. The van der Waals surface area contributed by atoms with Crippen molar-refractivity contribution in [2.45, 2.75) is 31.6 Å². The minimum atomic E-state index is -4.51. The Bertz CT molecular complexity index is 1180. The molecule has 1 aromatic heterocycles. The molecule has 4 rings (SSSR count). The molecule has 11 heteroatoms. The van der Waals surface area contributed by atoms with Crippen LogP contribution < -0.4 is 16.3 Å². The van der Waals surface area contributed by atoms with Crippen molar-refractivity contribution in [1.82, 2.24) is 19.7 Å². The monoisotopic (exact) mass is 449 g/mol. The molecule has 1 fully saturated rings. The summed E-state index contributed by atoms with van der Waals surface area (Å²) in [5.74, 6) is -0.266. The molecule has 2 amide bonds. The van der Waals surface area contributed by atoms with Crippen LogP contribution in [0.1, 0.15) is 24.4 Å².